The van der Waals surface area contributed by atoms with E-state index in [9.17, 15) is 9.18 Å². The lowest BCUT2D eigenvalue weighted by molar-refractivity contribution is -0.117. The lowest BCUT2D eigenvalue weighted by atomic mass is 10.0. The van der Waals surface area contributed by atoms with Gasteiger partial charge in [0.2, 0.25) is 5.91 Å². The van der Waals surface area contributed by atoms with Gasteiger partial charge in [0.05, 0.1) is 11.8 Å². The number of nitrogen functional groups attached to an aromatic ring is 1. The van der Waals surface area contributed by atoms with Crippen molar-refractivity contribution in [1.82, 2.24) is 19.7 Å². The maximum atomic E-state index is 14.3. The molecule has 0 aliphatic carbocycles. The summed E-state index contributed by atoms with van der Waals surface area (Å²) in [7, 11) is 1.82. The van der Waals surface area contributed by atoms with Crippen LogP contribution in [0.3, 0.4) is 0 Å². The number of fused-ring (bicyclic) bond motifs is 2. The van der Waals surface area contributed by atoms with Gasteiger partial charge in [-0.05, 0) is 42.2 Å². The van der Waals surface area contributed by atoms with Crippen molar-refractivity contribution in [2.45, 2.75) is 19.8 Å². The molecule has 0 fully saturated rings. The second-order valence-corrected chi connectivity index (χ2v) is 7.79. The van der Waals surface area contributed by atoms with Crippen LogP contribution in [0, 0.1) is 12.7 Å². The Balaban J connectivity index is 1.47. The molecule has 0 unspecified atom stereocenters. The highest BCUT2D eigenvalue weighted by Gasteiger charge is 2.26. The highest BCUT2D eigenvalue weighted by molar-refractivity contribution is 6.00. The van der Waals surface area contributed by atoms with Crippen LogP contribution in [-0.2, 0) is 24.7 Å². The molecule has 0 spiro atoms. The number of anilines is 2. The smallest absolute Gasteiger partial charge is 0.231 e. The molecule has 0 atom stereocenters. The SMILES string of the molecule is Cc1cccc(CC(=O)N2CCc3cc(-c4nn(C)c5ncnc(N)c45)ccc32)c1F. The molecule has 1 aliphatic heterocycles. The second kappa shape index (κ2) is 7.16. The van der Waals surface area contributed by atoms with Crippen molar-refractivity contribution in [2.75, 3.05) is 17.2 Å². The van der Waals surface area contributed by atoms with Gasteiger partial charge in [-0.2, -0.15) is 5.10 Å². The number of amides is 1. The summed E-state index contributed by atoms with van der Waals surface area (Å²) in [5, 5.41) is 5.30. The number of aryl methyl sites for hydroxylation is 2. The van der Waals surface area contributed by atoms with Gasteiger partial charge in [-0.1, -0.05) is 24.3 Å². The average molecular weight is 416 g/mol. The van der Waals surface area contributed by atoms with Gasteiger partial charge in [0.1, 0.15) is 23.7 Å². The van der Waals surface area contributed by atoms with Crippen LogP contribution in [0.4, 0.5) is 15.9 Å². The average Bonchev–Trinajstić information content (AvgIpc) is 3.33. The normalized spacial score (nSPS) is 13.1. The summed E-state index contributed by atoms with van der Waals surface area (Å²) in [6.07, 6.45) is 2.18. The Labute approximate surface area is 178 Å². The topological polar surface area (TPSA) is 89.9 Å². The van der Waals surface area contributed by atoms with Crippen LogP contribution < -0.4 is 10.6 Å². The number of benzene rings is 2. The van der Waals surface area contributed by atoms with Crippen molar-refractivity contribution in [3.63, 3.8) is 0 Å². The summed E-state index contributed by atoms with van der Waals surface area (Å²) >= 11 is 0. The Kier molecular flexibility index (Phi) is 4.43. The first-order valence-corrected chi connectivity index (χ1v) is 10.0. The number of hydrogen-bond donors (Lipinski definition) is 1. The highest BCUT2D eigenvalue weighted by Crippen LogP contribution is 2.35. The van der Waals surface area contributed by atoms with Gasteiger partial charge in [-0.3, -0.25) is 4.79 Å². The van der Waals surface area contributed by atoms with Gasteiger partial charge in [0.15, 0.2) is 5.65 Å². The number of rotatable bonds is 3. The van der Waals surface area contributed by atoms with Gasteiger partial charge in [0, 0.05) is 24.8 Å². The third-order valence-corrected chi connectivity index (χ3v) is 5.81. The van der Waals surface area contributed by atoms with Crippen LogP contribution in [-0.4, -0.2) is 32.2 Å². The number of aromatic nitrogens is 4. The van der Waals surface area contributed by atoms with Crippen LogP contribution in [0.5, 0.6) is 0 Å². The molecule has 0 saturated heterocycles. The molecular formula is C23H21FN6O. The van der Waals surface area contributed by atoms with E-state index in [1.54, 1.807) is 34.7 Å². The highest BCUT2D eigenvalue weighted by atomic mass is 19.1. The van der Waals surface area contributed by atoms with E-state index in [-0.39, 0.29) is 18.1 Å². The molecule has 2 aromatic carbocycles. The van der Waals surface area contributed by atoms with E-state index in [4.69, 9.17) is 5.73 Å². The van der Waals surface area contributed by atoms with Gasteiger partial charge in [-0.25, -0.2) is 19.0 Å². The van der Waals surface area contributed by atoms with E-state index in [1.165, 1.54) is 6.33 Å². The summed E-state index contributed by atoms with van der Waals surface area (Å²) in [6.45, 7) is 2.27. The zero-order chi connectivity index (χ0) is 21.7. The fraction of sp³-hybridized carbons (Fsp3) is 0.217. The Morgan fingerprint density at radius 2 is 2.06 bits per heavy atom. The fourth-order valence-corrected chi connectivity index (χ4v) is 4.22. The standard InChI is InChI=1S/C23H21FN6O/c1-13-4-3-5-15(20(13)24)11-18(31)30-9-8-14-10-16(6-7-17(14)30)21-19-22(25)26-12-27-23(19)29(2)28-21/h3-7,10,12H,8-9,11H2,1-2H3,(H2,25,26,27). The summed E-state index contributed by atoms with van der Waals surface area (Å²) in [5.74, 6) is -0.0463. The Morgan fingerprint density at radius 3 is 2.90 bits per heavy atom. The number of nitrogens with two attached hydrogens (primary N) is 1. The van der Waals surface area contributed by atoms with E-state index < -0.39 is 0 Å². The Bertz CT molecular complexity index is 1350. The molecule has 0 radical (unpaired) electrons. The van der Waals surface area contributed by atoms with Crippen LogP contribution >= 0.6 is 0 Å². The molecule has 1 aliphatic rings. The predicted molar refractivity (Wildman–Crippen MR) is 117 cm³/mol. The minimum absolute atomic E-state index is 0.0352. The molecule has 4 aromatic rings. The first-order valence-electron chi connectivity index (χ1n) is 10.0. The van der Waals surface area contributed by atoms with Crippen molar-refractivity contribution < 1.29 is 9.18 Å². The summed E-state index contributed by atoms with van der Waals surface area (Å²) in [6, 6.07) is 11.0. The first-order chi connectivity index (χ1) is 14.9. The van der Waals surface area contributed by atoms with Gasteiger partial charge >= 0.3 is 0 Å². The van der Waals surface area contributed by atoms with Crippen molar-refractivity contribution in [2.24, 2.45) is 7.05 Å². The van der Waals surface area contributed by atoms with Crippen molar-refractivity contribution in [3.8, 4) is 11.3 Å². The summed E-state index contributed by atoms with van der Waals surface area (Å²) < 4.78 is 16.0. The molecule has 31 heavy (non-hydrogen) atoms. The predicted octanol–water partition coefficient (Wildman–Crippen LogP) is 3.19. The van der Waals surface area contributed by atoms with E-state index in [2.05, 4.69) is 15.1 Å². The molecule has 0 bridgehead atoms. The molecule has 2 N–H and O–H groups in total. The third-order valence-electron chi connectivity index (χ3n) is 5.81. The van der Waals surface area contributed by atoms with E-state index in [1.807, 2.05) is 25.2 Å². The number of hydrogen-bond acceptors (Lipinski definition) is 5. The maximum Gasteiger partial charge on any atom is 0.231 e. The fourth-order valence-electron chi connectivity index (χ4n) is 4.22. The number of halogens is 1. The Hall–Kier alpha value is -3.81. The van der Waals surface area contributed by atoms with Crippen molar-refractivity contribution in [1.29, 1.82) is 0 Å². The number of nitrogens with zero attached hydrogens (tertiary/aromatic N) is 5. The molecule has 0 saturated carbocycles. The van der Waals surface area contributed by atoms with Crippen molar-refractivity contribution >= 4 is 28.4 Å². The largest absolute Gasteiger partial charge is 0.383 e. The van der Waals surface area contributed by atoms with E-state index >= 15 is 0 Å². The molecule has 8 heteroatoms. The number of carbonyl (C=O) groups is 1. The van der Waals surface area contributed by atoms with Gasteiger partial charge in [-0.15, -0.1) is 0 Å². The van der Waals surface area contributed by atoms with Crippen LogP contribution in [0.25, 0.3) is 22.3 Å². The van der Waals surface area contributed by atoms with Crippen LogP contribution in [0.2, 0.25) is 0 Å². The summed E-state index contributed by atoms with van der Waals surface area (Å²) in [4.78, 5) is 23.0. The molecule has 1 amide bonds. The Morgan fingerprint density at radius 1 is 1.23 bits per heavy atom. The quantitative estimate of drug-likeness (QED) is 0.554. The molecular weight excluding hydrogens is 395 g/mol. The monoisotopic (exact) mass is 416 g/mol. The van der Waals surface area contributed by atoms with E-state index in [0.717, 1.165) is 23.2 Å². The lowest BCUT2D eigenvalue weighted by Gasteiger charge is -2.18. The molecule has 2 aromatic heterocycles. The minimum Gasteiger partial charge on any atom is -0.383 e. The molecule has 7 nitrogen and oxygen atoms in total. The summed E-state index contributed by atoms with van der Waals surface area (Å²) in [5.41, 5.74) is 11.2. The minimum atomic E-state index is -0.313. The zero-order valence-corrected chi connectivity index (χ0v) is 17.3. The first kappa shape index (κ1) is 19.2. The van der Waals surface area contributed by atoms with Crippen LogP contribution in [0.15, 0.2) is 42.7 Å². The number of carbonyl (C=O) groups excluding carboxylic acids is 1. The van der Waals surface area contributed by atoms with Crippen molar-refractivity contribution in [3.05, 3.63) is 65.2 Å². The van der Waals surface area contributed by atoms with Gasteiger partial charge in [0.25, 0.3) is 0 Å². The molecule has 156 valence electrons. The molecule has 3 heterocycles. The van der Waals surface area contributed by atoms with Crippen LogP contribution in [0.1, 0.15) is 16.7 Å². The van der Waals surface area contributed by atoms with E-state index in [0.29, 0.717) is 40.2 Å². The zero-order valence-electron chi connectivity index (χ0n) is 17.3. The lowest BCUT2D eigenvalue weighted by Crippen LogP contribution is -2.30. The third kappa shape index (κ3) is 3.11. The second-order valence-electron chi connectivity index (χ2n) is 7.79. The van der Waals surface area contributed by atoms with Gasteiger partial charge < -0.3 is 10.6 Å². The maximum absolute atomic E-state index is 14.3. The molecule has 5 rings (SSSR count).